The van der Waals surface area contributed by atoms with Gasteiger partial charge in [-0.1, -0.05) is 52.9 Å². The minimum Gasteiger partial charge on any atom is -0.335 e. The highest BCUT2D eigenvalue weighted by Gasteiger charge is 2.29. The second kappa shape index (κ2) is 12.1. The molecule has 0 bridgehead atoms. The third kappa shape index (κ3) is 7.10. The second-order valence-electron chi connectivity index (χ2n) is 10.1. The molecule has 1 aliphatic heterocycles. The molecule has 224 valence electrons. The lowest BCUT2D eigenvalue weighted by atomic mass is 10.0. The molecule has 3 aromatic carbocycles. The molecule has 0 fully saturated rings. The third-order valence-corrected chi connectivity index (χ3v) is 12.0. The van der Waals surface area contributed by atoms with Crippen molar-refractivity contribution in [1.29, 1.82) is 0 Å². The van der Waals surface area contributed by atoms with Gasteiger partial charge in [0.05, 0.1) is 28.3 Å². The highest BCUT2D eigenvalue weighted by Crippen LogP contribution is 2.48. The Morgan fingerprint density at radius 2 is 1.60 bits per heavy atom. The van der Waals surface area contributed by atoms with Crippen LogP contribution in [0.2, 0.25) is 5.02 Å². The molecule has 3 heterocycles. The van der Waals surface area contributed by atoms with Gasteiger partial charge in [-0.15, -0.1) is 11.3 Å². The number of halogens is 1. The molecule has 0 spiro atoms. The average Bonchev–Trinajstić information content (AvgIpc) is 3.63. The zero-order valence-corrected chi connectivity index (χ0v) is 27.4. The molecule has 0 atom stereocenters. The summed E-state index contributed by atoms with van der Waals surface area (Å²) in [5.41, 5.74) is 3.91. The van der Waals surface area contributed by atoms with E-state index in [0.717, 1.165) is 42.0 Å². The van der Waals surface area contributed by atoms with Crippen molar-refractivity contribution in [3.8, 4) is 11.1 Å². The van der Waals surface area contributed by atoms with E-state index >= 15 is 0 Å². The monoisotopic (exact) mass is 693 g/mol. The van der Waals surface area contributed by atoms with Gasteiger partial charge in [0.1, 0.15) is 4.70 Å². The number of nitrogens with zero attached hydrogens (tertiary/aromatic N) is 2. The molecule has 2 aromatic heterocycles. The lowest BCUT2D eigenvalue weighted by molar-refractivity contribution is -0.668. The van der Waals surface area contributed by atoms with Crippen molar-refractivity contribution in [1.82, 2.24) is 0 Å². The summed E-state index contributed by atoms with van der Waals surface area (Å²) >= 11 is 11.1. The van der Waals surface area contributed by atoms with Gasteiger partial charge in [0.15, 0.2) is 6.54 Å². The largest absolute Gasteiger partial charge is 0.335 e. The van der Waals surface area contributed by atoms with Crippen molar-refractivity contribution in [2.24, 2.45) is 0 Å². The highest BCUT2D eigenvalue weighted by atomic mass is 35.5. The van der Waals surface area contributed by atoms with Crippen LogP contribution in [0.15, 0.2) is 76.0 Å². The zero-order valence-electron chi connectivity index (χ0n) is 22.5. The minimum absolute atomic E-state index is 0.210. The summed E-state index contributed by atoms with van der Waals surface area (Å²) < 4.78 is 68.8. The standard InChI is InChI=1S/C29H25ClN2O6S5/c30-22-6-8-26-24(17-22)32(11-2-14-43(36,37)38)29(41-26)18-28-31(10-1-13-42(33,34)35)23-15-20(5-7-25(23)40-28)21-4-3-19-9-12-39-27(19)16-21/h3-9,12,15-18H,1-2,10-11,13-14H2,(H-,33,34,35,36,37,38)/p+1. The van der Waals surface area contributed by atoms with E-state index in [2.05, 4.69) is 52.4 Å². The van der Waals surface area contributed by atoms with E-state index in [1.807, 2.05) is 23.1 Å². The van der Waals surface area contributed by atoms with Crippen molar-refractivity contribution in [3.63, 3.8) is 0 Å². The number of thioether (sulfide) groups is 1. The molecule has 0 saturated carbocycles. The van der Waals surface area contributed by atoms with Crippen LogP contribution in [0.3, 0.4) is 0 Å². The summed E-state index contributed by atoms with van der Waals surface area (Å²) in [6.07, 6.45) is 2.45. The van der Waals surface area contributed by atoms with E-state index in [1.165, 1.54) is 21.8 Å². The van der Waals surface area contributed by atoms with Crippen LogP contribution in [0.5, 0.6) is 0 Å². The molecule has 0 radical (unpaired) electrons. The summed E-state index contributed by atoms with van der Waals surface area (Å²) in [5.74, 6) is -0.724. The molecule has 5 aromatic rings. The molecule has 6 rings (SSSR count). The Hall–Kier alpha value is -2.49. The number of thiazole rings is 1. The van der Waals surface area contributed by atoms with Crippen molar-refractivity contribution in [2.45, 2.75) is 24.3 Å². The van der Waals surface area contributed by atoms with Crippen molar-refractivity contribution in [3.05, 3.63) is 81.1 Å². The van der Waals surface area contributed by atoms with Gasteiger partial charge in [0.25, 0.3) is 25.2 Å². The highest BCUT2D eigenvalue weighted by molar-refractivity contribution is 8.04. The first kappa shape index (κ1) is 30.5. The Labute approximate surface area is 266 Å². The summed E-state index contributed by atoms with van der Waals surface area (Å²) in [6.45, 7) is 0.702. The number of fused-ring (bicyclic) bond motifs is 3. The summed E-state index contributed by atoms with van der Waals surface area (Å²) in [5, 5.41) is 5.54. The maximum atomic E-state index is 11.5. The van der Waals surface area contributed by atoms with Crippen molar-refractivity contribution in [2.75, 3.05) is 23.0 Å². The maximum absolute atomic E-state index is 11.5. The van der Waals surface area contributed by atoms with Crippen LogP contribution in [0, 0.1) is 0 Å². The first-order valence-electron chi connectivity index (χ1n) is 13.2. The van der Waals surface area contributed by atoms with Gasteiger partial charge in [-0.3, -0.25) is 9.11 Å². The van der Waals surface area contributed by atoms with E-state index in [0.29, 0.717) is 18.1 Å². The molecule has 2 N–H and O–H groups in total. The van der Waals surface area contributed by atoms with Crippen LogP contribution >= 0.6 is 46.0 Å². The fraction of sp³-hybridized carbons (Fsp3) is 0.207. The second-order valence-corrected chi connectivity index (χ2v) is 16.7. The number of hydrogen-bond donors (Lipinski definition) is 2. The van der Waals surface area contributed by atoms with Gasteiger partial charge < -0.3 is 4.90 Å². The Balaban J connectivity index is 1.42. The van der Waals surface area contributed by atoms with Crippen molar-refractivity contribution >= 4 is 98.3 Å². The van der Waals surface area contributed by atoms with E-state index in [9.17, 15) is 25.9 Å². The number of anilines is 1. The number of benzene rings is 3. The molecule has 8 nitrogen and oxygen atoms in total. The van der Waals surface area contributed by atoms with Crippen molar-refractivity contribution < 1.29 is 30.5 Å². The first-order valence-corrected chi connectivity index (χ1v) is 19.4. The molecule has 0 aliphatic carbocycles. The van der Waals surface area contributed by atoms with Gasteiger partial charge in [0.2, 0.25) is 5.52 Å². The topological polar surface area (TPSA) is 116 Å². The first-order chi connectivity index (χ1) is 20.4. The smallest absolute Gasteiger partial charge is 0.265 e. The van der Waals surface area contributed by atoms with Crippen LogP contribution in [-0.4, -0.2) is 44.0 Å². The maximum Gasteiger partial charge on any atom is 0.265 e. The van der Waals surface area contributed by atoms with E-state index in [-0.39, 0.29) is 24.3 Å². The van der Waals surface area contributed by atoms with Gasteiger partial charge in [0, 0.05) is 33.6 Å². The predicted octanol–water partition coefficient (Wildman–Crippen LogP) is 7.19. The SMILES string of the molecule is O=S(=O)(O)CCCN1C(=Cc2sc3ccc(-c4ccc5ccsc5c4)cc3[n+]2CCCS(=O)(=O)O)Sc2ccc(Cl)cc21. The predicted molar refractivity (Wildman–Crippen MR) is 178 cm³/mol. The summed E-state index contributed by atoms with van der Waals surface area (Å²) in [7, 11) is -8.23. The van der Waals surface area contributed by atoms with E-state index < -0.39 is 20.2 Å². The number of thiophene rings is 1. The van der Waals surface area contributed by atoms with E-state index in [4.69, 9.17) is 11.6 Å². The molecule has 0 amide bonds. The van der Waals surface area contributed by atoms with Crippen LogP contribution in [0.4, 0.5) is 5.69 Å². The zero-order chi connectivity index (χ0) is 30.4. The normalized spacial score (nSPS) is 14.8. The lowest BCUT2D eigenvalue weighted by Crippen LogP contribution is -2.36. The fourth-order valence-corrected chi connectivity index (χ4v) is 9.35. The van der Waals surface area contributed by atoms with E-state index in [1.54, 1.807) is 28.7 Å². The van der Waals surface area contributed by atoms with Gasteiger partial charge in [-0.2, -0.15) is 21.4 Å². The lowest BCUT2D eigenvalue weighted by Gasteiger charge is -2.20. The Bertz CT molecular complexity index is 2100. The van der Waals surface area contributed by atoms with Crippen LogP contribution in [0.1, 0.15) is 17.8 Å². The summed E-state index contributed by atoms with van der Waals surface area (Å²) in [4.78, 5) is 2.96. The quantitative estimate of drug-likeness (QED) is 0.117. The molecular weight excluding hydrogens is 668 g/mol. The molecule has 1 aliphatic rings. The molecule has 43 heavy (non-hydrogen) atoms. The molecular formula is C29H26ClN2O6S5+. The summed E-state index contributed by atoms with van der Waals surface area (Å²) in [6, 6.07) is 20.3. The third-order valence-electron chi connectivity index (χ3n) is 7.03. The molecule has 0 saturated heterocycles. The van der Waals surface area contributed by atoms with Crippen LogP contribution in [0.25, 0.3) is 37.5 Å². The molecule has 14 heteroatoms. The Morgan fingerprint density at radius 1 is 0.860 bits per heavy atom. The fourth-order valence-electron chi connectivity index (χ4n) is 5.08. The van der Waals surface area contributed by atoms with Gasteiger partial charge >= 0.3 is 0 Å². The van der Waals surface area contributed by atoms with Gasteiger partial charge in [-0.05, 0) is 64.7 Å². The average molecular weight is 694 g/mol. The van der Waals surface area contributed by atoms with Gasteiger partial charge in [-0.25, -0.2) is 0 Å². The number of rotatable bonds is 10. The molecule has 0 unspecified atom stereocenters. The Morgan fingerprint density at radius 3 is 2.40 bits per heavy atom. The number of hydrogen-bond acceptors (Lipinski definition) is 8. The van der Waals surface area contributed by atoms with Crippen LogP contribution in [-0.2, 0) is 26.8 Å². The number of aromatic nitrogens is 1. The Kier molecular flexibility index (Phi) is 8.61. The number of aryl methyl sites for hydroxylation is 1. The van der Waals surface area contributed by atoms with Crippen LogP contribution < -0.4 is 9.47 Å². The minimum atomic E-state index is -4.12.